The largest absolute Gasteiger partial charge is 0.463 e. The molecular formula is C17H21NO3S. The van der Waals surface area contributed by atoms with Crippen LogP contribution in [0.3, 0.4) is 0 Å². The van der Waals surface area contributed by atoms with E-state index in [-0.39, 0.29) is 12.5 Å². The molecule has 0 aliphatic heterocycles. The molecule has 0 saturated heterocycles. The van der Waals surface area contributed by atoms with E-state index in [2.05, 4.69) is 5.32 Å². The van der Waals surface area contributed by atoms with E-state index in [9.17, 15) is 9.90 Å². The summed E-state index contributed by atoms with van der Waals surface area (Å²) in [7, 11) is 0. The maximum absolute atomic E-state index is 11.9. The van der Waals surface area contributed by atoms with Crippen molar-refractivity contribution in [2.45, 2.75) is 30.8 Å². The summed E-state index contributed by atoms with van der Waals surface area (Å²) >= 11 is 1.64. The molecule has 0 spiro atoms. The minimum absolute atomic E-state index is 0.0769. The fourth-order valence-electron chi connectivity index (χ4n) is 1.95. The standard InChI is InChI=1S/C17H21NO3S/c1-13-8-9-15(21-13)17(2,20)12-18-16(19)10-11-22-14-6-4-3-5-7-14/h3-9,20H,10-12H2,1-2H3,(H,18,19). The molecule has 118 valence electrons. The van der Waals surface area contributed by atoms with Gasteiger partial charge in [-0.3, -0.25) is 4.79 Å². The van der Waals surface area contributed by atoms with E-state index in [0.717, 1.165) is 10.7 Å². The molecular weight excluding hydrogens is 298 g/mol. The fourth-order valence-corrected chi connectivity index (χ4v) is 2.82. The van der Waals surface area contributed by atoms with Crippen molar-refractivity contribution in [2.24, 2.45) is 0 Å². The minimum atomic E-state index is -1.20. The third kappa shape index (κ3) is 4.93. The van der Waals surface area contributed by atoms with E-state index in [1.165, 1.54) is 0 Å². The summed E-state index contributed by atoms with van der Waals surface area (Å²) in [5.41, 5.74) is -1.20. The van der Waals surface area contributed by atoms with E-state index >= 15 is 0 Å². The second kappa shape index (κ2) is 7.51. The molecule has 1 aromatic carbocycles. The Hall–Kier alpha value is -1.72. The number of aryl methyl sites for hydroxylation is 1. The number of nitrogens with one attached hydrogen (secondary N) is 1. The number of aliphatic hydroxyl groups is 1. The summed E-state index contributed by atoms with van der Waals surface area (Å²) < 4.78 is 5.41. The van der Waals surface area contributed by atoms with Crippen LogP contribution >= 0.6 is 11.8 Å². The van der Waals surface area contributed by atoms with Gasteiger partial charge in [0.2, 0.25) is 5.91 Å². The van der Waals surface area contributed by atoms with Gasteiger partial charge in [0, 0.05) is 17.1 Å². The van der Waals surface area contributed by atoms with Crippen LogP contribution in [0.15, 0.2) is 51.8 Å². The Morgan fingerprint density at radius 2 is 2.00 bits per heavy atom. The van der Waals surface area contributed by atoms with Gasteiger partial charge in [-0.25, -0.2) is 0 Å². The SMILES string of the molecule is Cc1ccc(C(C)(O)CNC(=O)CCSc2ccccc2)o1. The van der Waals surface area contributed by atoms with Crippen LogP contribution in [0.2, 0.25) is 0 Å². The highest BCUT2D eigenvalue weighted by Gasteiger charge is 2.27. The number of carbonyl (C=O) groups excluding carboxylic acids is 1. The Morgan fingerprint density at radius 3 is 2.64 bits per heavy atom. The van der Waals surface area contributed by atoms with Crippen LogP contribution in [0.5, 0.6) is 0 Å². The smallest absolute Gasteiger partial charge is 0.220 e. The lowest BCUT2D eigenvalue weighted by Gasteiger charge is -2.21. The molecule has 0 bridgehead atoms. The molecule has 0 aliphatic carbocycles. The zero-order valence-corrected chi connectivity index (χ0v) is 13.7. The molecule has 1 heterocycles. The maximum Gasteiger partial charge on any atom is 0.220 e. The quantitative estimate of drug-likeness (QED) is 0.770. The number of hydrogen-bond donors (Lipinski definition) is 2. The van der Waals surface area contributed by atoms with Crippen LogP contribution in [0.1, 0.15) is 24.9 Å². The van der Waals surface area contributed by atoms with Crippen molar-refractivity contribution in [1.29, 1.82) is 0 Å². The number of carbonyl (C=O) groups is 1. The molecule has 1 amide bonds. The molecule has 2 aromatic rings. The number of amides is 1. The normalized spacial score (nSPS) is 13.6. The molecule has 5 heteroatoms. The van der Waals surface area contributed by atoms with Crippen molar-refractivity contribution in [1.82, 2.24) is 5.32 Å². The number of furan rings is 1. The third-order valence-corrected chi connectivity index (χ3v) is 4.26. The highest BCUT2D eigenvalue weighted by Crippen LogP contribution is 2.22. The Balaban J connectivity index is 1.73. The van der Waals surface area contributed by atoms with Crippen molar-refractivity contribution < 1.29 is 14.3 Å². The van der Waals surface area contributed by atoms with Crippen LogP contribution < -0.4 is 5.32 Å². The first kappa shape index (κ1) is 16.6. The van der Waals surface area contributed by atoms with Crippen LogP contribution in [0.4, 0.5) is 0 Å². The van der Waals surface area contributed by atoms with E-state index in [0.29, 0.717) is 17.9 Å². The lowest BCUT2D eigenvalue weighted by molar-refractivity contribution is -0.122. The van der Waals surface area contributed by atoms with Crippen LogP contribution in [0.25, 0.3) is 0 Å². The monoisotopic (exact) mass is 319 g/mol. The van der Waals surface area contributed by atoms with E-state index in [4.69, 9.17) is 4.42 Å². The second-order valence-corrected chi connectivity index (χ2v) is 6.54. The van der Waals surface area contributed by atoms with Crippen molar-refractivity contribution >= 4 is 17.7 Å². The molecule has 1 unspecified atom stereocenters. The lowest BCUT2D eigenvalue weighted by Crippen LogP contribution is -2.38. The topological polar surface area (TPSA) is 62.5 Å². The first-order chi connectivity index (χ1) is 10.5. The fraction of sp³-hybridized carbons (Fsp3) is 0.353. The van der Waals surface area contributed by atoms with Gasteiger partial charge in [0.15, 0.2) is 0 Å². The Kier molecular flexibility index (Phi) is 5.69. The number of hydrogen-bond acceptors (Lipinski definition) is 4. The Bertz CT molecular complexity index is 607. The molecule has 2 N–H and O–H groups in total. The molecule has 1 atom stereocenters. The van der Waals surface area contributed by atoms with Gasteiger partial charge in [0.25, 0.3) is 0 Å². The predicted octanol–water partition coefficient (Wildman–Crippen LogP) is 3.09. The predicted molar refractivity (Wildman–Crippen MR) is 87.8 cm³/mol. The molecule has 0 fully saturated rings. The van der Waals surface area contributed by atoms with Gasteiger partial charge in [0.1, 0.15) is 17.1 Å². The van der Waals surface area contributed by atoms with Crippen molar-refractivity contribution in [3.05, 3.63) is 54.0 Å². The van der Waals surface area contributed by atoms with Crippen molar-refractivity contribution in [3.8, 4) is 0 Å². The Labute approximate surface area is 134 Å². The highest BCUT2D eigenvalue weighted by atomic mass is 32.2. The maximum atomic E-state index is 11.9. The Morgan fingerprint density at radius 1 is 1.27 bits per heavy atom. The third-order valence-electron chi connectivity index (χ3n) is 3.24. The molecule has 0 aliphatic rings. The summed E-state index contributed by atoms with van der Waals surface area (Å²) in [5.74, 6) is 1.83. The average molecular weight is 319 g/mol. The zero-order valence-electron chi connectivity index (χ0n) is 12.8. The summed E-state index contributed by atoms with van der Waals surface area (Å²) in [6.07, 6.45) is 0.410. The summed E-state index contributed by atoms with van der Waals surface area (Å²) in [6, 6.07) is 13.5. The first-order valence-electron chi connectivity index (χ1n) is 7.21. The molecule has 0 saturated carbocycles. The summed E-state index contributed by atoms with van der Waals surface area (Å²) in [6.45, 7) is 3.58. The molecule has 1 aromatic heterocycles. The lowest BCUT2D eigenvalue weighted by atomic mass is 10.0. The zero-order chi connectivity index (χ0) is 16.0. The van der Waals surface area contributed by atoms with Crippen molar-refractivity contribution in [2.75, 3.05) is 12.3 Å². The van der Waals surface area contributed by atoms with E-state index < -0.39 is 5.60 Å². The molecule has 2 rings (SSSR count). The molecule has 0 radical (unpaired) electrons. The summed E-state index contributed by atoms with van der Waals surface area (Å²) in [4.78, 5) is 13.0. The van der Waals surface area contributed by atoms with Gasteiger partial charge in [-0.1, -0.05) is 18.2 Å². The second-order valence-electron chi connectivity index (χ2n) is 5.37. The van der Waals surface area contributed by atoms with Gasteiger partial charge in [0.05, 0.1) is 6.54 Å². The molecule has 22 heavy (non-hydrogen) atoms. The highest BCUT2D eigenvalue weighted by molar-refractivity contribution is 7.99. The van der Waals surface area contributed by atoms with Gasteiger partial charge < -0.3 is 14.8 Å². The van der Waals surface area contributed by atoms with Crippen molar-refractivity contribution in [3.63, 3.8) is 0 Å². The van der Waals surface area contributed by atoms with Gasteiger partial charge in [-0.15, -0.1) is 11.8 Å². The number of rotatable bonds is 7. The van der Waals surface area contributed by atoms with Crippen LogP contribution in [-0.4, -0.2) is 23.3 Å². The summed E-state index contributed by atoms with van der Waals surface area (Å²) in [5, 5.41) is 13.1. The van der Waals surface area contributed by atoms with Crippen LogP contribution in [0, 0.1) is 6.92 Å². The van der Waals surface area contributed by atoms with E-state index in [1.807, 2.05) is 37.3 Å². The van der Waals surface area contributed by atoms with Gasteiger partial charge in [-0.05, 0) is 38.1 Å². The molecule has 4 nitrogen and oxygen atoms in total. The van der Waals surface area contributed by atoms with E-state index in [1.54, 1.807) is 30.8 Å². The van der Waals surface area contributed by atoms with Gasteiger partial charge in [-0.2, -0.15) is 0 Å². The first-order valence-corrected chi connectivity index (χ1v) is 8.20. The van der Waals surface area contributed by atoms with Crippen LogP contribution in [-0.2, 0) is 10.4 Å². The van der Waals surface area contributed by atoms with Gasteiger partial charge >= 0.3 is 0 Å². The minimum Gasteiger partial charge on any atom is -0.463 e. The number of benzene rings is 1. The number of thioether (sulfide) groups is 1. The average Bonchev–Trinajstić information content (AvgIpc) is 2.94.